The van der Waals surface area contributed by atoms with Crippen LogP contribution in [0.5, 0.6) is 0 Å². The standard InChI is InChI=1S/C26H47O7P/c1-6-7-8-17-22-34(29,32-20-15-11-9-13-18-30-25(27)23(2)3)33-21-16-12-10-14-19-31-26(28)24(4)5/h2,4,6-22H2,1,3,5H3. The first-order valence-electron chi connectivity index (χ1n) is 12.7. The van der Waals surface area contributed by atoms with Crippen LogP contribution < -0.4 is 0 Å². The van der Waals surface area contributed by atoms with Gasteiger partial charge in [0.05, 0.1) is 32.6 Å². The highest BCUT2D eigenvalue weighted by Gasteiger charge is 2.23. The SMILES string of the molecule is C=C(C)C(=O)OCCCCCCOP(=O)(CCCCCC)OCCCCCCOC(=O)C(=C)C. The van der Waals surface area contributed by atoms with Crippen molar-refractivity contribution < 1.29 is 32.7 Å². The Morgan fingerprint density at radius 2 is 1.00 bits per heavy atom. The van der Waals surface area contributed by atoms with E-state index in [1.54, 1.807) is 13.8 Å². The number of carbonyl (C=O) groups excluding carboxylic acids is 2. The van der Waals surface area contributed by atoms with E-state index in [0.29, 0.717) is 43.7 Å². The summed E-state index contributed by atoms with van der Waals surface area (Å²) in [5, 5.41) is 0. The molecule has 198 valence electrons. The summed E-state index contributed by atoms with van der Waals surface area (Å²) in [5.74, 6) is -0.702. The molecule has 0 saturated heterocycles. The van der Waals surface area contributed by atoms with E-state index < -0.39 is 7.60 Å². The maximum Gasteiger partial charge on any atom is 0.333 e. The van der Waals surface area contributed by atoms with Crippen molar-refractivity contribution in [2.24, 2.45) is 0 Å². The number of ether oxygens (including phenoxy) is 2. The van der Waals surface area contributed by atoms with E-state index in [9.17, 15) is 14.2 Å². The van der Waals surface area contributed by atoms with Gasteiger partial charge in [0.2, 0.25) is 0 Å². The predicted molar refractivity (Wildman–Crippen MR) is 137 cm³/mol. The number of hydrogen-bond donors (Lipinski definition) is 0. The first-order valence-corrected chi connectivity index (χ1v) is 14.5. The monoisotopic (exact) mass is 502 g/mol. The topological polar surface area (TPSA) is 88.1 Å². The number of esters is 2. The predicted octanol–water partition coefficient (Wildman–Crippen LogP) is 7.15. The Morgan fingerprint density at radius 3 is 1.38 bits per heavy atom. The molecule has 7 nitrogen and oxygen atoms in total. The highest BCUT2D eigenvalue weighted by Crippen LogP contribution is 2.49. The summed E-state index contributed by atoms with van der Waals surface area (Å²) in [5.41, 5.74) is 0.819. The molecule has 0 rings (SSSR count). The van der Waals surface area contributed by atoms with E-state index in [1.165, 1.54) is 0 Å². The fourth-order valence-electron chi connectivity index (χ4n) is 3.00. The summed E-state index contributed by atoms with van der Waals surface area (Å²) in [7, 11) is -3.09. The fourth-order valence-corrected chi connectivity index (χ4v) is 4.76. The first kappa shape index (κ1) is 32.6. The molecule has 0 heterocycles. The molecule has 0 aromatic heterocycles. The summed E-state index contributed by atoms with van der Waals surface area (Å²) in [6.45, 7) is 14.1. The lowest BCUT2D eigenvalue weighted by molar-refractivity contribution is -0.139. The molecular formula is C26H47O7P. The van der Waals surface area contributed by atoms with Crippen LogP contribution in [0.1, 0.15) is 97.8 Å². The van der Waals surface area contributed by atoms with Crippen LogP contribution >= 0.6 is 7.60 Å². The molecule has 8 heteroatoms. The van der Waals surface area contributed by atoms with E-state index in [0.717, 1.165) is 77.0 Å². The molecule has 0 aliphatic heterocycles. The molecule has 0 bridgehead atoms. The zero-order valence-electron chi connectivity index (χ0n) is 21.7. The van der Waals surface area contributed by atoms with Crippen LogP contribution in [0.25, 0.3) is 0 Å². The Morgan fingerprint density at radius 1 is 0.618 bits per heavy atom. The van der Waals surface area contributed by atoms with Crippen molar-refractivity contribution >= 4 is 19.5 Å². The minimum absolute atomic E-state index is 0.351. The minimum atomic E-state index is -3.09. The Balaban J connectivity index is 4.07. The molecule has 0 unspecified atom stereocenters. The van der Waals surface area contributed by atoms with Crippen LogP contribution in [0.3, 0.4) is 0 Å². The number of rotatable bonds is 23. The van der Waals surface area contributed by atoms with Gasteiger partial charge in [-0.1, -0.05) is 52.2 Å². The molecule has 0 aliphatic rings. The third kappa shape index (κ3) is 18.9. The molecule has 0 aromatic rings. The summed E-state index contributed by atoms with van der Waals surface area (Å²) < 4.78 is 34.8. The van der Waals surface area contributed by atoms with Gasteiger partial charge in [0, 0.05) is 11.1 Å². The minimum Gasteiger partial charge on any atom is -0.462 e. The fraction of sp³-hybridized carbons (Fsp3) is 0.769. The van der Waals surface area contributed by atoms with Gasteiger partial charge >= 0.3 is 19.5 Å². The lowest BCUT2D eigenvalue weighted by atomic mass is 10.2. The van der Waals surface area contributed by atoms with Crippen LogP contribution in [-0.2, 0) is 32.7 Å². The second-order valence-electron chi connectivity index (χ2n) is 8.72. The molecular weight excluding hydrogens is 455 g/mol. The zero-order chi connectivity index (χ0) is 25.7. The van der Waals surface area contributed by atoms with Crippen molar-refractivity contribution in [2.45, 2.75) is 97.8 Å². The van der Waals surface area contributed by atoms with E-state index in [4.69, 9.17) is 18.5 Å². The summed E-state index contributed by atoms with van der Waals surface area (Å²) in [6, 6.07) is 0. The van der Waals surface area contributed by atoms with Crippen molar-refractivity contribution in [3.63, 3.8) is 0 Å². The maximum absolute atomic E-state index is 13.1. The third-order valence-corrected chi connectivity index (χ3v) is 7.12. The van der Waals surface area contributed by atoms with Gasteiger partial charge in [0.1, 0.15) is 0 Å². The van der Waals surface area contributed by atoms with Crippen molar-refractivity contribution in [1.29, 1.82) is 0 Å². The van der Waals surface area contributed by atoms with Gasteiger partial charge in [-0.25, -0.2) is 9.59 Å². The molecule has 0 radical (unpaired) electrons. The van der Waals surface area contributed by atoms with Crippen molar-refractivity contribution in [2.75, 3.05) is 32.6 Å². The van der Waals surface area contributed by atoms with Crippen LogP contribution in [0.2, 0.25) is 0 Å². The summed E-state index contributed by atoms with van der Waals surface area (Å²) in [4.78, 5) is 22.7. The summed E-state index contributed by atoms with van der Waals surface area (Å²) >= 11 is 0. The third-order valence-electron chi connectivity index (χ3n) is 5.10. The van der Waals surface area contributed by atoms with Crippen LogP contribution in [-0.4, -0.2) is 44.5 Å². The second kappa shape index (κ2) is 20.9. The Kier molecular flexibility index (Phi) is 20.0. The zero-order valence-corrected chi connectivity index (χ0v) is 22.6. The molecule has 34 heavy (non-hydrogen) atoms. The van der Waals surface area contributed by atoms with Crippen LogP contribution in [0, 0.1) is 0 Å². The van der Waals surface area contributed by atoms with Gasteiger partial charge < -0.3 is 18.5 Å². The number of unbranched alkanes of at least 4 members (excludes halogenated alkanes) is 9. The van der Waals surface area contributed by atoms with Gasteiger partial charge in [-0.15, -0.1) is 0 Å². The Bertz CT molecular complexity index is 599. The normalized spacial score (nSPS) is 11.3. The lowest BCUT2D eigenvalue weighted by Gasteiger charge is -2.19. The highest BCUT2D eigenvalue weighted by atomic mass is 31.2. The average molecular weight is 503 g/mol. The van der Waals surface area contributed by atoms with Gasteiger partial charge in [-0.05, 0) is 58.8 Å². The molecule has 0 spiro atoms. The van der Waals surface area contributed by atoms with Gasteiger partial charge in [-0.3, -0.25) is 4.57 Å². The highest BCUT2D eigenvalue weighted by molar-refractivity contribution is 7.53. The van der Waals surface area contributed by atoms with Gasteiger partial charge in [-0.2, -0.15) is 0 Å². The smallest absolute Gasteiger partial charge is 0.333 e. The maximum atomic E-state index is 13.1. The van der Waals surface area contributed by atoms with E-state index >= 15 is 0 Å². The van der Waals surface area contributed by atoms with E-state index in [1.807, 2.05) is 0 Å². The van der Waals surface area contributed by atoms with Crippen LogP contribution in [0.4, 0.5) is 0 Å². The largest absolute Gasteiger partial charge is 0.462 e. The Hall–Kier alpha value is -1.43. The molecule has 0 N–H and O–H groups in total. The molecule has 0 aromatic carbocycles. The quantitative estimate of drug-likeness (QED) is 0.0634. The molecule has 0 atom stereocenters. The second-order valence-corrected chi connectivity index (χ2v) is 10.9. The lowest BCUT2D eigenvalue weighted by Crippen LogP contribution is -2.06. The van der Waals surface area contributed by atoms with Crippen molar-refractivity contribution in [1.82, 2.24) is 0 Å². The van der Waals surface area contributed by atoms with E-state index in [2.05, 4.69) is 20.1 Å². The van der Waals surface area contributed by atoms with Crippen molar-refractivity contribution in [3.8, 4) is 0 Å². The van der Waals surface area contributed by atoms with E-state index in [-0.39, 0.29) is 11.9 Å². The van der Waals surface area contributed by atoms with Gasteiger partial charge in [0.15, 0.2) is 0 Å². The first-order chi connectivity index (χ1) is 16.2. The average Bonchev–Trinajstić information content (AvgIpc) is 2.79. The molecule has 0 fully saturated rings. The number of hydrogen-bond acceptors (Lipinski definition) is 7. The molecule has 0 aliphatic carbocycles. The summed E-state index contributed by atoms with van der Waals surface area (Å²) in [6.07, 6.45) is 11.4. The molecule has 0 amide bonds. The van der Waals surface area contributed by atoms with Crippen LogP contribution in [0.15, 0.2) is 24.3 Å². The molecule has 0 saturated carbocycles. The van der Waals surface area contributed by atoms with Gasteiger partial charge in [0.25, 0.3) is 0 Å². The van der Waals surface area contributed by atoms with Crippen molar-refractivity contribution in [3.05, 3.63) is 24.3 Å². The number of carbonyl (C=O) groups is 2. The Labute approximate surface area is 207 Å².